The van der Waals surface area contributed by atoms with Crippen LogP contribution in [-0.2, 0) is 23.2 Å². The van der Waals surface area contributed by atoms with E-state index in [0.29, 0.717) is 0 Å². The van der Waals surface area contributed by atoms with E-state index in [1.165, 1.54) is 64.7 Å². The number of nitrogens with zero attached hydrogens (tertiary/aromatic N) is 2. The molecule has 0 amide bonds. The molecule has 2 heterocycles. The van der Waals surface area contributed by atoms with Gasteiger partial charge < -0.3 is 0 Å². The molecule has 2 fully saturated rings. The fourth-order valence-corrected chi connectivity index (χ4v) is 20.9. The van der Waals surface area contributed by atoms with Gasteiger partial charge >= 0.3 is 194 Å². The summed E-state index contributed by atoms with van der Waals surface area (Å²) in [5, 5.41) is 3.83. The molecular formula is C24H40N2Si2Zr. The van der Waals surface area contributed by atoms with Crippen LogP contribution in [0.2, 0.25) is 26.2 Å². The molecule has 158 valence electrons. The van der Waals surface area contributed by atoms with E-state index in [-0.39, 0.29) is 0 Å². The van der Waals surface area contributed by atoms with Gasteiger partial charge in [-0.3, -0.25) is 0 Å². The van der Waals surface area contributed by atoms with Gasteiger partial charge in [0.05, 0.1) is 0 Å². The molecule has 29 heavy (non-hydrogen) atoms. The fraction of sp³-hybridized carbons (Fsp3) is 0.667. The molecule has 2 aliphatic carbocycles. The van der Waals surface area contributed by atoms with Gasteiger partial charge in [-0.25, -0.2) is 0 Å². The zero-order valence-corrected chi connectivity index (χ0v) is 24.1. The Morgan fingerprint density at radius 2 is 1.00 bits per heavy atom. The summed E-state index contributed by atoms with van der Waals surface area (Å²) in [6, 6.07) is 0. The molecule has 4 aliphatic rings. The Hall–Kier alpha value is 0.197. The van der Waals surface area contributed by atoms with Crippen LogP contribution in [-0.4, -0.2) is 51.8 Å². The number of hydrogen-bond acceptors (Lipinski definition) is 2. The number of rotatable bonds is 6. The molecule has 0 atom stereocenters. The predicted molar refractivity (Wildman–Crippen MR) is 127 cm³/mol. The molecule has 0 unspecified atom stereocenters. The Morgan fingerprint density at radius 3 is 1.34 bits per heavy atom. The average Bonchev–Trinajstić information content (AvgIpc) is 3.44. The molecule has 2 saturated heterocycles. The normalized spacial score (nSPS) is 24.8. The molecule has 5 heteroatoms. The zero-order valence-electron chi connectivity index (χ0n) is 19.6. The van der Waals surface area contributed by atoms with Crippen molar-refractivity contribution in [3.8, 4) is 0 Å². The zero-order chi connectivity index (χ0) is 20.8. The molecule has 4 rings (SSSR count). The predicted octanol–water partition coefficient (Wildman–Crippen LogP) is 5.96. The molecule has 0 aromatic rings. The Labute approximate surface area is 192 Å². The second-order valence-electron chi connectivity index (χ2n) is 10.5. The summed E-state index contributed by atoms with van der Waals surface area (Å²) in [6.07, 6.45) is 13.3. The third-order valence-corrected chi connectivity index (χ3v) is 21.9. The van der Waals surface area contributed by atoms with Crippen molar-refractivity contribution in [2.24, 2.45) is 0 Å². The monoisotopic (exact) mass is 502 g/mol. The van der Waals surface area contributed by atoms with Crippen LogP contribution in [0.1, 0.15) is 52.4 Å². The van der Waals surface area contributed by atoms with E-state index in [9.17, 15) is 0 Å². The molecule has 0 spiro atoms. The van der Waals surface area contributed by atoms with Crippen LogP contribution >= 0.6 is 0 Å². The quantitative estimate of drug-likeness (QED) is 0.413. The van der Waals surface area contributed by atoms with Gasteiger partial charge in [-0.1, -0.05) is 0 Å². The van der Waals surface area contributed by atoms with Gasteiger partial charge in [-0.15, -0.1) is 0 Å². The van der Waals surface area contributed by atoms with Crippen LogP contribution < -0.4 is 0 Å². The van der Waals surface area contributed by atoms with Crippen molar-refractivity contribution in [3.63, 3.8) is 0 Å². The minimum atomic E-state index is -1.47. The van der Waals surface area contributed by atoms with Crippen molar-refractivity contribution in [3.05, 3.63) is 40.3 Å². The van der Waals surface area contributed by atoms with Gasteiger partial charge in [0.1, 0.15) is 0 Å². The van der Waals surface area contributed by atoms with Crippen LogP contribution in [0.25, 0.3) is 0 Å². The first-order valence-electron chi connectivity index (χ1n) is 11.8. The van der Waals surface area contributed by atoms with Gasteiger partial charge in [0.15, 0.2) is 0 Å². The maximum atomic E-state index is 2.91. The average molecular weight is 504 g/mol. The summed E-state index contributed by atoms with van der Waals surface area (Å²) in [6.45, 7) is 20.8. The summed E-state index contributed by atoms with van der Waals surface area (Å²) in [5.74, 6) is 0. The van der Waals surface area contributed by atoms with E-state index < -0.39 is 39.7 Å². The van der Waals surface area contributed by atoms with Gasteiger partial charge in [0.2, 0.25) is 0 Å². The summed E-state index contributed by atoms with van der Waals surface area (Å²) >= 11 is -0.758. The third kappa shape index (κ3) is 4.16. The van der Waals surface area contributed by atoms with Crippen LogP contribution in [0, 0.1) is 0 Å². The first-order chi connectivity index (χ1) is 13.7. The molecule has 2 aliphatic heterocycles. The van der Waals surface area contributed by atoms with Gasteiger partial charge in [-0.2, -0.15) is 0 Å². The van der Waals surface area contributed by atoms with E-state index >= 15 is 0 Å². The van der Waals surface area contributed by atoms with E-state index in [1.807, 2.05) is 17.0 Å². The van der Waals surface area contributed by atoms with Crippen molar-refractivity contribution in [1.82, 2.24) is 9.13 Å². The maximum absolute atomic E-state index is 2.91. The first-order valence-corrected chi connectivity index (χ1v) is 20.2. The minimum absolute atomic E-state index is 0.758. The fourth-order valence-electron chi connectivity index (χ4n) is 5.91. The second kappa shape index (κ2) is 8.62. The first kappa shape index (κ1) is 22.4. The van der Waals surface area contributed by atoms with Crippen LogP contribution in [0.4, 0.5) is 0 Å². The van der Waals surface area contributed by atoms with Crippen molar-refractivity contribution in [2.45, 2.75) is 78.6 Å². The van der Waals surface area contributed by atoms with Crippen molar-refractivity contribution in [1.29, 1.82) is 0 Å². The molecule has 0 aromatic heterocycles. The Balaban J connectivity index is 1.68. The Bertz CT molecular complexity index is 726. The van der Waals surface area contributed by atoms with Crippen LogP contribution in [0.3, 0.4) is 0 Å². The van der Waals surface area contributed by atoms with Crippen molar-refractivity contribution >= 4 is 16.5 Å². The summed E-state index contributed by atoms with van der Waals surface area (Å²) in [7, 11) is -2.93. The molecule has 0 aromatic carbocycles. The SMILES string of the molecule is CC1=CCC([Si](C)(C)N2CCCC2)=[C]1[Zr][C]1=C([Si](C)(C)N2CCCC2)CC=C1C. The third-order valence-electron chi connectivity index (χ3n) is 8.14. The van der Waals surface area contributed by atoms with Crippen LogP contribution in [0.15, 0.2) is 40.3 Å². The van der Waals surface area contributed by atoms with Crippen LogP contribution in [0.5, 0.6) is 0 Å². The van der Waals surface area contributed by atoms with Gasteiger partial charge in [-0.05, 0) is 0 Å². The second-order valence-corrected chi connectivity index (χ2v) is 22.3. The summed E-state index contributed by atoms with van der Waals surface area (Å²) < 4.78 is 9.60. The number of hydrogen-bond donors (Lipinski definition) is 0. The standard InChI is InChI=1S/2C12H20NSi.Zr/c2*1-11-6-7-12(10-11)14(2,3)13-8-4-5-9-13;/h2*6H,4-5,7-9H2,1-3H3;. The summed E-state index contributed by atoms with van der Waals surface area (Å²) in [4.78, 5) is 0. The Morgan fingerprint density at radius 1 is 0.655 bits per heavy atom. The van der Waals surface area contributed by atoms with Gasteiger partial charge in [0.25, 0.3) is 0 Å². The van der Waals surface area contributed by atoms with E-state index in [4.69, 9.17) is 0 Å². The van der Waals surface area contributed by atoms with Crippen molar-refractivity contribution in [2.75, 3.05) is 26.2 Å². The molecule has 0 bridgehead atoms. The van der Waals surface area contributed by atoms with E-state index in [1.54, 1.807) is 11.1 Å². The molecule has 0 saturated carbocycles. The van der Waals surface area contributed by atoms with Gasteiger partial charge in [0, 0.05) is 0 Å². The summed E-state index contributed by atoms with van der Waals surface area (Å²) in [5.41, 5.74) is 3.30. The number of allylic oxidation sites excluding steroid dienone is 8. The molecule has 0 radical (unpaired) electrons. The molecular weight excluding hydrogens is 464 g/mol. The van der Waals surface area contributed by atoms with E-state index in [2.05, 4.69) is 61.3 Å². The molecule has 0 N–H and O–H groups in total. The van der Waals surface area contributed by atoms with Crippen molar-refractivity contribution < 1.29 is 23.2 Å². The topological polar surface area (TPSA) is 6.48 Å². The van der Waals surface area contributed by atoms with E-state index in [0.717, 1.165) is 0 Å². The Kier molecular flexibility index (Phi) is 6.65. The molecule has 2 nitrogen and oxygen atoms in total.